The van der Waals surface area contributed by atoms with Crippen molar-refractivity contribution < 1.29 is 54.1 Å². The number of phenols is 1. The Bertz CT molecular complexity index is 1460. The van der Waals surface area contributed by atoms with Crippen molar-refractivity contribution in [1.82, 2.24) is 4.90 Å². The van der Waals surface area contributed by atoms with Crippen molar-refractivity contribution >= 4 is 17.9 Å². The number of aliphatic hydroxyl groups excluding tert-OH is 2. The Morgan fingerprint density at radius 3 is 2.51 bits per heavy atom. The summed E-state index contributed by atoms with van der Waals surface area (Å²) >= 11 is 0. The molecule has 2 aromatic rings. The van der Waals surface area contributed by atoms with E-state index in [4.69, 9.17) is 19.3 Å². The minimum Gasteiger partial charge on any atom is -0.504 e. The zero-order chi connectivity index (χ0) is 29.3. The number of carbonyl (C=O) groups is 3. The SMILES string of the molecule is CN1CC[C@]23c4c5ccc(O)c4O[C@H]2C(OC(=O)[C@@H](OC(=O)[C@H](O)[C@@H](O)C(=O)O)c2ccccc2)=CC[C@@]3(O)[C@@H]1C5. The number of likely N-dealkylation sites (tertiary alicyclic amines) is 1. The number of esters is 2. The van der Waals surface area contributed by atoms with E-state index in [2.05, 4.69) is 4.90 Å². The average molecular weight is 568 g/mol. The lowest BCUT2D eigenvalue weighted by molar-refractivity contribution is -0.183. The first-order chi connectivity index (χ1) is 19.5. The third-order valence-electron chi connectivity index (χ3n) is 8.92. The number of phenolic OH excluding ortho intramolecular Hbond substituents is 1. The Hall–Kier alpha value is -3.97. The van der Waals surface area contributed by atoms with E-state index in [1.807, 2.05) is 13.1 Å². The van der Waals surface area contributed by atoms with Crippen molar-refractivity contribution in [2.75, 3.05) is 13.6 Å². The molecule has 2 aliphatic carbocycles. The lowest BCUT2D eigenvalue weighted by atomic mass is 9.50. The normalized spacial score (nSPS) is 29.7. The van der Waals surface area contributed by atoms with Gasteiger partial charge in [-0.05, 0) is 44.1 Å². The van der Waals surface area contributed by atoms with Gasteiger partial charge in [0.05, 0.1) is 11.0 Å². The molecule has 0 saturated carbocycles. The summed E-state index contributed by atoms with van der Waals surface area (Å²) in [6, 6.07) is 10.9. The van der Waals surface area contributed by atoms with Crippen LogP contribution in [0.4, 0.5) is 0 Å². The van der Waals surface area contributed by atoms with Crippen molar-refractivity contribution in [3.63, 3.8) is 0 Å². The van der Waals surface area contributed by atoms with Gasteiger partial charge in [0.25, 0.3) is 0 Å². The Morgan fingerprint density at radius 1 is 1.07 bits per heavy atom. The molecule has 2 heterocycles. The summed E-state index contributed by atoms with van der Waals surface area (Å²) in [6.07, 6.45) is -4.95. The molecule has 0 unspecified atom stereocenters. The number of hydrogen-bond acceptors (Lipinski definition) is 11. The van der Waals surface area contributed by atoms with Crippen LogP contribution < -0.4 is 4.74 Å². The Kier molecular flexibility index (Phi) is 6.34. The monoisotopic (exact) mass is 567 g/mol. The number of carboxylic acids is 1. The molecule has 0 aromatic heterocycles. The summed E-state index contributed by atoms with van der Waals surface area (Å²) in [4.78, 5) is 39.3. The molecule has 2 aromatic carbocycles. The van der Waals surface area contributed by atoms with Crippen LogP contribution in [0.5, 0.6) is 11.5 Å². The number of piperidine rings is 1. The van der Waals surface area contributed by atoms with E-state index in [0.717, 1.165) is 5.56 Å². The second-order valence-corrected chi connectivity index (χ2v) is 11.0. The number of nitrogens with zero attached hydrogens (tertiary/aromatic N) is 1. The highest BCUT2D eigenvalue weighted by molar-refractivity contribution is 5.87. The molecule has 4 aliphatic rings. The summed E-state index contributed by atoms with van der Waals surface area (Å²) in [5, 5.41) is 51.4. The molecule has 12 heteroatoms. The van der Waals surface area contributed by atoms with Gasteiger partial charge in [-0.15, -0.1) is 0 Å². The largest absolute Gasteiger partial charge is 0.504 e. The maximum absolute atomic E-state index is 13.6. The fourth-order valence-electron chi connectivity index (χ4n) is 6.94. The number of hydrogen-bond donors (Lipinski definition) is 5. The van der Waals surface area contributed by atoms with Crippen LogP contribution in [0.25, 0.3) is 0 Å². The summed E-state index contributed by atoms with van der Waals surface area (Å²) in [5.41, 5.74) is -0.503. The van der Waals surface area contributed by atoms with E-state index in [0.29, 0.717) is 24.9 Å². The van der Waals surface area contributed by atoms with Crippen LogP contribution in [-0.2, 0) is 35.7 Å². The summed E-state index contributed by atoms with van der Waals surface area (Å²) in [5.74, 6) is -4.26. The third-order valence-corrected chi connectivity index (χ3v) is 8.92. The number of carboxylic acid groups (broad SMARTS) is 1. The maximum Gasteiger partial charge on any atom is 0.357 e. The summed E-state index contributed by atoms with van der Waals surface area (Å²) < 4.78 is 17.3. The van der Waals surface area contributed by atoms with Crippen LogP contribution in [-0.4, -0.2) is 91.9 Å². The number of benzene rings is 2. The molecule has 6 rings (SSSR count). The van der Waals surface area contributed by atoms with Gasteiger partial charge in [0.15, 0.2) is 29.8 Å². The predicted octanol–water partition coefficient (Wildman–Crippen LogP) is 0.304. The predicted molar refractivity (Wildman–Crippen MR) is 138 cm³/mol. The fourth-order valence-corrected chi connectivity index (χ4v) is 6.94. The van der Waals surface area contributed by atoms with Crippen LogP contribution in [0, 0.1) is 0 Å². The zero-order valence-electron chi connectivity index (χ0n) is 22.0. The van der Waals surface area contributed by atoms with E-state index in [1.54, 1.807) is 30.3 Å². The van der Waals surface area contributed by atoms with Crippen LogP contribution in [0.2, 0.25) is 0 Å². The molecule has 1 saturated heterocycles. The van der Waals surface area contributed by atoms with E-state index in [1.165, 1.54) is 12.1 Å². The van der Waals surface area contributed by atoms with E-state index in [9.17, 15) is 34.8 Å². The highest BCUT2D eigenvalue weighted by Crippen LogP contribution is 2.65. The molecule has 7 atom stereocenters. The quantitative estimate of drug-likeness (QED) is 0.289. The van der Waals surface area contributed by atoms with E-state index >= 15 is 0 Å². The number of likely N-dealkylation sites (N-methyl/N-ethyl adjacent to an activating group) is 1. The van der Waals surface area contributed by atoms with Gasteiger partial charge in [-0.3, -0.25) is 0 Å². The Morgan fingerprint density at radius 2 is 1.80 bits per heavy atom. The zero-order valence-corrected chi connectivity index (χ0v) is 22.0. The number of ether oxygens (including phenoxy) is 3. The minimum atomic E-state index is -2.47. The highest BCUT2D eigenvalue weighted by atomic mass is 16.6. The standard InChI is InChI=1S/C29H29NO11/c1-30-12-11-28-19-15-7-8-16(31)23(19)40-24(28)17(9-10-29(28,38)18(30)13-15)39-27(37)22(14-5-3-2-4-6-14)41-26(36)21(33)20(32)25(34)35/h2-9,18,20-22,24,31-33,38H,10-13H2,1H3,(H,34,35)/t18-,20+,21+,22-,24-,28-,29+/m0/s1. The van der Waals surface area contributed by atoms with Crippen LogP contribution in [0.15, 0.2) is 54.3 Å². The van der Waals surface area contributed by atoms with Gasteiger partial charge >= 0.3 is 17.9 Å². The molecule has 0 amide bonds. The molecule has 5 N–H and O–H groups in total. The molecule has 2 aliphatic heterocycles. The van der Waals surface area contributed by atoms with Gasteiger partial charge in [0.1, 0.15) is 5.76 Å². The molecule has 41 heavy (non-hydrogen) atoms. The van der Waals surface area contributed by atoms with Crippen LogP contribution in [0.3, 0.4) is 0 Å². The van der Waals surface area contributed by atoms with Gasteiger partial charge in [-0.2, -0.15) is 0 Å². The molecule has 0 radical (unpaired) electrons. The third kappa shape index (κ3) is 3.86. The fraction of sp³-hybridized carbons (Fsp3) is 0.414. The van der Waals surface area contributed by atoms with Crippen molar-refractivity contribution in [2.24, 2.45) is 0 Å². The van der Waals surface area contributed by atoms with Gasteiger partial charge in [-0.1, -0.05) is 36.4 Å². The lowest BCUT2D eigenvalue weighted by Crippen LogP contribution is -2.74. The first-order valence-electron chi connectivity index (χ1n) is 13.2. The van der Waals surface area contributed by atoms with E-state index < -0.39 is 53.3 Å². The average Bonchev–Trinajstić information content (AvgIpc) is 3.32. The molecule has 12 nitrogen and oxygen atoms in total. The van der Waals surface area contributed by atoms with Crippen molar-refractivity contribution in [3.8, 4) is 11.5 Å². The minimum absolute atomic E-state index is 0.0644. The maximum atomic E-state index is 13.6. The number of aromatic hydroxyl groups is 1. The van der Waals surface area contributed by atoms with Crippen LogP contribution in [0.1, 0.15) is 35.6 Å². The number of rotatable bonds is 7. The number of carbonyl (C=O) groups excluding carboxylic acids is 2. The van der Waals surface area contributed by atoms with Crippen molar-refractivity contribution in [1.29, 1.82) is 0 Å². The molecular formula is C29H29NO11. The Labute approximate surface area is 234 Å². The summed E-state index contributed by atoms with van der Waals surface area (Å²) in [7, 11) is 1.94. The molecule has 2 bridgehead atoms. The molecule has 1 fully saturated rings. The van der Waals surface area contributed by atoms with Crippen molar-refractivity contribution in [2.45, 2.75) is 60.7 Å². The van der Waals surface area contributed by atoms with Gasteiger partial charge in [0.2, 0.25) is 6.10 Å². The molecular weight excluding hydrogens is 538 g/mol. The second kappa shape index (κ2) is 9.55. The first-order valence-corrected chi connectivity index (χ1v) is 13.2. The smallest absolute Gasteiger partial charge is 0.357 e. The van der Waals surface area contributed by atoms with Gasteiger partial charge in [-0.25, -0.2) is 14.4 Å². The van der Waals surface area contributed by atoms with E-state index in [-0.39, 0.29) is 35.3 Å². The summed E-state index contributed by atoms with van der Waals surface area (Å²) in [6.45, 7) is 0.622. The first kappa shape index (κ1) is 27.2. The van der Waals surface area contributed by atoms with Gasteiger partial charge < -0.3 is 44.6 Å². The number of aliphatic hydroxyl groups is 3. The highest BCUT2D eigenvalue weighted by Gasteiger charge is 2.72. The van der Waals surface area contributed by atoms with Gasteiger partial charge in [0, 0.05) is 23.6 Å². The Balaban J connectivity index is 1.35. The number of aliphatic carboxylic acids is 1. The van der Waals surface area contributed by atoms with Crippen molar-refractivity contribution in [3.05, 3.63) is 71.0 Å². The lowest BCUT2D eigenvalue weighted by Gasteiger charge is -2.61. The molecule has 216 valence electrons. The second-order valence-electron chi connectivity index (χ2n) is 11.0. The topological polar surface area (TPSA) is 183 Å². The molecule has 1 spiro atoms. The van der Waals surface area contributed by atoms with Crippen LogP contribution >= 0.6 is 0 Å².